The van der Waals surface area contributed by atoms with Crippen LogP contribution in [0.3, 0.4) is 0 Å². The first-order valence-electron chi connectivity index (χ1n) is 9.76. The number of hydrogen-bond acceptors (Lipinski definition) is 2. The number of aromatic nitrogens is 1. The zero-order chi connectivity index (χ0) is 17.1. The fourth-order valence-electron chi connectivity index (χ4n) is 4.41. The highest BCUT2D eigenvalue weighted by Gasteiger charge is 2.32. The number of nitrogens with one attached hydrogen (secondary N) is 1. The maximum absolute atomic E-state index is 13.1. The lowest BCUT2D eigenvalue weighted by Gasteiger charge is -2.36. The molecule has 1 unspecified atom stereocenters. The van der Waals surface area contributed by atoms with Crippen molar-refractivity contribution >= 4 is 16.8 Å². The van der Waals surface area contributed by atoms with Gasteiger partial charge in [-0.25, -0.2) is 0 Å². The molecule has 1 saturated carbocycles. The molecule has 4 nitrogen and oxygen atoms in total. The summed E-state index contributed by atoms with van der Waals surface area (Å²) >= 11 is 0. The number of hydrogen-bond donors (Lipinski definition) is 1. The Morgan fingerprint density at radius 1 is 1.16 bits per heavy atom. The van der Waals surface area contributed by atoms with Gasteiger partial charge in [-0.3, -0.25) is 4.79 Å². The lowest BCUT2D eigenvalue weighted by Crippen LogP contribution is -2.45. The zero-order valence-electron chi connectivity index (χ0n) is 14.9. The van der Waals surface area contributed by atoms with Gasteiger partial charge in [-0.2, -0.15) is 0 Å². The van der Waals surface area contributed by atoms with E-state index in [-0.39, 0.29) is 5.92 Å². The predicted molar refractivity (Wildman–Crippen MR) is 99.5 cm³/mol. The lowest BCUT2D eigenvalue weighted by atomic mass is 9.92. The molecule has 134 valence electrons. The first-order valence-corrected chi connectivity index (χ1v) is 9.76. The molecular weight excluding hydrogens is 312 g/mol. The van der Waals surface area contributed by atoms with Crippen LogP contribution in [0.25, 0.3) is 10.9 Å². The van der Waals surface area contributed by atoms with Gasteiger partial charge in [0.05, 0.1) is 12.5 Å². The van der Waals surface area contributed by atoms with Gasteiger partial charge < -0.3 is 14.6 Å². The van der Waals surface area contributed by atoms with Crippen molar-refractivity contribution in [2.24, 2.45) is 5.92 Å². The van der Waals surface area contributed by atoms with E-state index in [9.17, 15) is 4.79 Å². The Labute approximate surface area is 149 Å². The fraction of sp³-hybridized carbons (Fsp3) is 0.571. The van der Waals surface area contributed by atoms with Gasteiger partial charge in [0.1, 0.15) is 0 Å². The summed E-state index contributed by atoms with van der Waals surface area (Å²) < 4.78 is 5.47. The highest BCUT2D eigenvalue weighted by atomic mass is 16.5. The third kappa shape index (κ3) is 3.59. The van der Waals surface area contributed by atoms with Crippen LogP contribution in [0.15, 0.2) is 30.5 Å². The van der Waals surface area contributed by atoms with Crippen LogP contribution in [0, 0.1) is 5.92 Å². The standard InChI is InChI=1S/C21H28N2O2/c24-21(17-11-13-25-15-17)23(18-6-2-1-3-7-18)12-10-16-14-22-20-9-5-4-8-19(16)20/h4-5,8-9,14,17-18,22H,1-3,6-7,10-13,15H2. The molecule has 0 spiro atoms. The quantitative estimate of drug-likeness (QED) is 0.897. The number of H-pyrrole nitrogens is 1. The molecule has 1 amide bonds. The molecule has 4 rings (SSSR count). The van der Waals surface area contributed by atoms with E-state index >= 15 is 0 Å². The van der Waals surface area contributed by atoms with Gasteiger partial charge in [0.2, 0.25) is 5.91 Å². The van der Waals surface area contributed by atoms with Crippen molar-refractivity contribution in [3.8, 4) is 0 Å². The van der Waals surface area contributed by atoms with E-state index in [1.807, 2.05) is 0 Å². The Morgan fingerprint density at radius 3 is 2.80 bits per heavy atom. The molecule has 2 heterocycles. The Bertz CT molecular complexity index is 712. The van der Waals surface area contributed by atoms with E-state index in [1.54, 1.807) is 0 Å². The van der Waals surface area contributed by atoms with Crippen molar-refractivity contribution < 1.29 is 9.53 Å². The molecule has 2 aliphatic rings. The summed E-state index contributed by atoms with van der Waals surface area (Å²) in [5.74, 6) is 0.397. The van der Waals surface area contributed by atoms with Crippen LogP contribution >= 0.6 is 0 Å². The van der Waals surface area contributed by atoms with Crippen LogP contribution in [0.1, 0.15) is 44.1 Å². The summed E-state index contributed by atoms with van der Waals surface area (Å²) in [6.45, 7) is 2.16. The van der Waals surface area contributed by atoms with Crippen LogP contribution in [-0.2, 0) is 16.0 Å². The second-order valence-electron chi connectivity index (χ2n) is 7.49. The number of amides is 1. The molecule has 1 atom stereocenters. The van der Waals surface area contributed by atoms with Gasteiger partial charge in [-0.1, -0.05) is 37.5 Å². The Hall–Kier alpha value is -1.81. The monoisotopic (exact) mass is 340 g/mol. The van der Waals surface area contributed by atoms with Gasteiger partial charge in [-0.05, 0) is 37.3 Å². The van der Waals surface area contributed by atoms with Crippen molar-refractivity contribution in [1.82, 2.24) is 9.88 Å². The molecular formula is C21H28N2O2. The number of aromatic amines is 1. The molecule has 1 aliphatic heterocycles. The molecule has 4 heteroatoms. The Morgan fingerprint density at radius 2 is 2.00 bits per heavy atom. The number of nitrogens with zero attached hydrogens (tertiary/aromatic N) is 1. The van der Waals surface area contributed by atoms with E-state index in [2.05, 4.69) is 40.3 Å². The molecule has 0 radical (unpaired) electrons. The molecule has 0 bridgehead atoms. The normalized spacial score (nSPS) is 21.7. The highest BCUT2D eigenvalue weighted by molar-refractivity contribution is 5.83. The Balaban J connectivity index is 1.50. The van der Waals surface area contributed by atoms with E-state index in [0.29, 0.717) is 18.6 Å². The average molecular weight is 340 g/mol. The maximum Gasteiger partial charge on any atom is 0.228 e. The topological polar surface area (TPSA) is 45.3 Å². The maximum atomic E-state index is 13.1. The van der Waals surface area contributed by atoms with Crippen molar-refractivity contribution in [3.63, 3.8) is 0 Å². The number of carbonyl (C=O) groups excluding carboxylic acids is 1. The molecule has 1 N–H and O–H groups in total. The third-order valence-corrected chi connectivity index (χ3v) is 5.87. The molecule has 2 fully saturated rings. The van der Waals surface area contributed by atoms with Crippen molar-refractivity contribution in [2.45, 2.75) is 51.0 Å². The van der Waals surface area contributed by atoms with Crippen molar-refractivity contribution in [3.05, 3.63) is 36.0 Å². The Kier molecular flexibility index (Phi) is 5.07. The summed E-state index contributed by atoms with van der Waals surface area (Å²) in [6, 6.07) is 8.84. The van der Waals surface area contributed by atoms with E-state index in [4.69, 9.17) is 4.74 Å². The molecule has 1 aromatic heterocycles. The van der Waals surface area contributed by atoms with Gasteiger partial charge in [0.15, 0.2) is 0 Å². The number of benzene rings is 1. The van der Waals surface area contributed by atoms with Crippen LogP contribution in [-0.4, -0.2) is 41.6 Å². The van der Waals surface area contributed by atoms with Gasteiger partial charge in [0, 0.05) is 36.3 Å². The second kappa shape index (κ2) is 7.61. The second-order valence-corrected chi connectivity index (χ2v) is 7.49. The molecule has 2 aromatic rings. The largest absolute Gasteiger partial charge is 0.381 e. The minimum atomic E-state index is 0.0740. The molecule has 1 aromatic carbocycles. The first kappa shape index (κ1) is 16.6. The van der Waals surface area contributed by atoms with Crippen molar-refractivity contribution in [1.29, 1.82) is 0 Å². The summed E-state index contributed by atoms with van der Waals surface area (Å²) in [5, 5.41) is 1.28. The van der Waals surface area contributed by atoms with Crippen LogP contribution in [0.4, 0.5) is 0 Å². The smallest absolute Gasteiger partial charge is 0.228 e. The minimum absolute atomic E-state index is 0.0740. The van der Waals surface area contributed by atoms with Gasteiger partial charge >= 0.3 is 0 Å². The summed E-state index contributed by atoms with van der Waals surface area (Å²) in [7, 11) is 0. The zero-order valence-corrected chi connectivity index (χ0v) is 14.9. The summed E-state index contributed by atoms with van der Waals surface area (Å²) in [6.07, 6.45) is 10.0. The van der Waals surface area contributed by atoms with Crippen LogP contribution < -0.4 is 0 Å². The fourth-order valence-corrected chi connectivity index (χ4v) is 4.41. The summed E-state index contributed by atoms with van der Waals surface area (Å²) in [5.41, 5.74) is 2.49. The lowest BCUT2D eigenvalue weighted by molar-refractivity contribution is -0.138. The molecule has 1 aliphatic carbocycles. The van der Waals surface area contributed by atoms with Crippen LogP contribution in [0.5, 0.6) is 0 Å². The number of rotatable bonds is 5. The van der Waals surface area contributed by atoms with Gasteiger partial charge in [0.25, 0.3) is 0 Å². The summed E-state index contributed by atoms with van der Waals surface area (Å²) in [4.78, 5) is 18.7. The highest BCUT2D eigenvalue weighted by Crippen LogP contribution is 2.27. The van der Waals surface area contributed by atoms with Crippen LogP contribution in [0.2, 0.25) is 0 Å². The third-order valence-electron chi connectivity index (χ3n) is 5.87. The predicted octanol–water partition coefficient (Wildman–Crippen LogP) is 3.91. The van der Waals surface area contributed by atoms with E-state index in [1.165, 1.54) is 35.7 Å². The molecule has 1 saturated heterocycles. The number of ether oxygens (including phenoxy) is 1. The number of para-hydroxylation sites is 1. The van der Waals surface area contributed by atoms with Gasteiger partial charge in [-0.15, -0.1) is 0 Å². The minimum Gasteiger partial charge on any atom is -0.381 e. The average Bonchev–Trinajstić information content (AvgIpc) is 3.33. The molecule has 25 heavy (non-hydrogen) atoms. The number of fused-ring (bicyclic) bond motifs is 1. The number of carbonyl (C=O) groups is 1. The van der Waals surface area contributed by atoms with Crippen molar-refractivity contribution in [2.75, 3.05) is 19.8 Å². The first-order chi connectivity index (χ1) is 12.3. The van der Waals surface area contributed by atoms with E-state index in [0.717, 1.165) is 38.8 Å². The van der Waals surface area contributed by atoms with E-state index < -0.39 is 0 Å². The SMILES string of the molecule is O=C(C1CCOC1)N(CCc1c[nH]c2ccccc12)C1CCCCC1.